The molecule has 1 rings (SSSR count). The number of nitrogens with one attached hydrogen (secondary N) is 1. The summed E-state index contributed by atoms with van der Waals surface area (Å²) in [4.78, 5) is 0.750. The first-order valence-electron chi connectivity index (χ1n) is 3.47. The second-order valence-electron chi connectivity index (χ2n) is 2.34. The fourth-order valence-corrected chi connectivity index (χ4v) is 1.88. The lowest BCUT2D eigenvalue weighted by molar-refractivity contribution is 0.607. The van der Waals surface area contributed by atoms with Crippen LogP contribution in [0, 0.1) is 5.41 Å². The highest BCUT2D eigenvalue weighted by molar-refractivity contribution is 9.08. The third-order valence-electron chi connectivity index (χ3n) is 1.52. The van der Waals surface area contributed by atoms with Crippen LogP contribution in [0.3, 0.4) is 0 Å². The standard InChI is InChI=1S/C8H10BrNOS/c9-5-7-1-3-8(4-2-7)12(11)6-10/h1-4,6,10H,5,12H2. The minimum atomic E-state index is -1.95. The van der Waals surface area contributed by atoms with Gasteiger partial charge in [0.05, 0.1) is 4.90 Å². The van der Waals surface area contributed by atoms with Crippen LogP contribution >= 0.6 is 15.9 Å². The van der Waals surface area contributed by atoms with E-state index in [1.165, 1.54) is 0 Å². The molecule has 0 aliphatic heterocycles. The van der Waals surface area contributed by atoms with Gasteiger partial charge in [-0.2, -0.15) is 0 Å². The van der Waals surface area contributed by atoms with Gasteiger partial charge in [0.1, 0.15) is 5.55 Å². The molecule has 0 aliphatic rings. The maximum Gasteiger partial charge on any atom is 0.125 e. The largest absolute Gasteiger partial charge is 0.679 e. The fraction of sp³-hybridized carbons (Fsp3) is 0.125. The fourth-order valence-electron chi connectivity index (χ4n) is 0.841. The Hall–Kier alpha value is -0.320. The van der Waals surface area contributed by atoms with Crippen LogP contribution in [-0.4, -0.2) is 10.1 Å². The summed E-state index contributed by atoms with van der Waals surface area (Å²) in [5.41, 5.74) is 2.16. The van der Waals surface area contributed by atoms with Crippen molar-refractivity contribution >= 4 is 32.7 Å². The topological polar surface area (TPSA) is 46.9 Å². The molecule has 1 aromatic rings. The molecular formula is C8H10BrNOS. The van der Waals surface area contributed by atoms with Crippen molar-refractivity contribution in [3.05, 3.63) is 29.8 Å². The molecule has 66 valence electrons. The van der Waals surface area contributed by atoms with Crippen LogP contribution in [0.2, 0.25) is 0 Å². The van der Waals surface area contributed by atoms with Crippen molar-refractivity contribution in [3.63, 3.8) is 0 Å². The zero-order valence-electron chi connectivity index (χ0n) is 6.38. The van der Waals surface area contributed by atoms with E-state index in [0.29, 0.717) is 0 Å². The lowest BCUT2D eigenvalue weighted by Crippen LogP contribution is -2.00. The molecule has 1 aromatic carbocycles. The number of benzene rings is 1. The van der Waals surface area contributed by atoms with Gasteiger partial charge in [-0.1, -0.05) is 28.1 Å². The van der Waals surface area contributed by atoms with Crippen LogP contribution in [0.25, 0.3) is 0 Å². The van der Waals surface area contributed by atoms with E-state index < -0.39 is 11.2 Å². The molecule has 12 heavy (non-hydrogen) atoms. The molecule has 0 aromatic heterocycles. The summed E-state index contributed by atoms with van der Waals surface area (Å²) in [5.74, 6) is 0. The summed E-state index contributed by atoms with van der Waals surface area (Å²) in [5, 5.41) is 7.65. The Morgan fingerprint density at radius 1 is 1.42 bits per heavy atom. The number of alkyl halides is 1. The van der Waals surface area contributed by atoms with E-state index in [9.17, 15) is 4.55 Å². The van der Waals surface area contributed by atoms with E-state index in [4.69, 9.17) is 5.41 Å². The van der Waals surface area contributed by atoms with Gasteiger partial charge in [0, 0.05) is 5.33 Å². The van der Waals surface area contributed by atoms with E-state index in [1.807, 2.05) is 24.3 Å². The number of hydrogen-bond acceptors (Lipinski definition) is 2. The SMILES string of the molecule is N=C[SH2+]([O-])c1ccc(CBr)cc1. The summed E-state index contributed by atoms with van der Waals surface area (Å²) in [7, 11) is 0. The molecule has 1 N–H and O–H groups in total. The molecule has 0 aliphatic carbocycles. The Kier molecular flexibility index (Phi) is 3.78. The second kappa shape index (κ2) is 4.64. The molecule has 0 fully saturated rings. The van der Waals surface area contributed by atoms with E-state index >= 15 is 0 Å². The summed E-state index contributed by atoms with van der Waals surface area (Å²) in [6.45, 7) is 0. The average Bonchev–Trinajstić information content (AvgIpc) is 2.17. The van der Waals surface area contributed by atoms with Gasteiger partial charge in [0.15, 0.2) is 0 Å². The Labute approximate surface area is 82.8 Å². The maximum absolute atomic E-state index is 11.1. The number of rotatable bonds is 3. The lowest BCUT2D eigenvalue weighted by atomic mass is 10.2. The van der Waals surface area contributed by atoms with Crippen molar-refractivity contribution < 1.29 is 4.55 Å². The summed E-state index contributed by atoms with van der Waals surface area (Å²) >= 11 is 1.37. The Bertz CT molecular complexity index is 262. The van der Waals surface area contributed by atoms with Crippen LogP contribution in [0.5, 0.6) is 0 Å². The third kappa shape index (κ3) is 2.33. The molecule has 0 saturated carbocycles. The molecule has 4 heteroatoms. The van der Waals surface area contributed by atoms with E-state index in [2.05, 4.69) is 15.9 Å². The Morgan fingerprint density at radius 3 is 2.42 bits per heavy atom. The molecule has 0 saturated heterocycles. The van der Waals surface area contributed by atoms with Crippen LogP contribution in [0.15, 0.2) is 29.2 Å². The summed E-state index contributed by atoms with van der Waals surface area (Å²) in [6, 6.07) is 7.44. The lowest BCUT2D eigenvalue weighted by Gasteiger charge is -2.14. The molecule has 0 heterocycles. The first-order chi connectivity index (χ1) is 5.77. The summed E-state index contributed by atoms with van der Waals surface area (Å²) in [6.07, 6.45) is 0. The van der Waals surface area contributed by atoms with Gasteiger partial charge in [-0.25, -0.2) is 11.2 Å². The van der Waals surface area contributed by atoms with Crippen molar-refractivity contribution in [2.45, 2.75) is 10.2 Å². The van der Waals surface area contributed by atoms with Gasteiger partial charge in [0.2, 0.25) is 0 Å². The number of halogens is 1. The third-order valence-corrected chi connectivity index (χ3v) is 3.34. The quantitative estimate of drug-likeness (QED) is 0.377. The first kappa shape index (κ1) is 9.77. The van der Waals surface area contributed by atoms with Gasteiger partial charge in [-0.3, -0.25) is 5.41 Å². The average molecular weight is 248 g/mol. The minimum Gasteiger partial charge on any atom is -0.679 e. The van der Waals surface area contributed by atoms with Gasteiger partial charge in [0.25, 0.3) is 0 Å². The highest BCUT2D eigenvalue weighted by Gasteiger charge is 1.96. The molecule has 0 radical (unpaired) electrons. The molecule has 0 spiro atoms. The van der Waals surface area contributed by atoms with Crippen molar-refractivity contribution in [1.29, 1.82) is 5.41 Å². The zero-order chi connectivity index (χ0) is 8.97. The monoisotopic (exact) mass is 247 g/mol. The van der Waals surface area contributed by atoms with E-state index in [1.54, 1.807) is 0 Å². The zero-order valence-corrected chi connectivity index (χ0v) is 8.97. The summed E-state index contributed by atoms with van der Waals surface area (Å²) < 4.78 is 11.1. The highest BCUT2D eigenvalue weighted by Crippen LogP contribution is 2.12. The second-order valence-corrected chi connectivity index (χ2v) is 4.49. The maximum atomic E-state index is 11.1. The van der Waals surface area contributed by atoms with Crippen molar-refractivity contribution in [1.82, 2.24) is 0 Å². The van der Waals surface area contributed by atoms with Crippen molar-refractivity contribution in [2.75, 3.05) is 0 Å². The van der Waals surface area contributed by atoms with Gasteiger partial charge >= 0.3 is 0 Å². The van der Waals surface area contributed by atoms with Crippen LogP contribution in [0.4, 0.5) is 0 Å². The predicted octanol–water partition coefficient (Wildman–Crippen LogP) is 1.76. The molecule has 0 atom stereocenters. The molecular weight excluding hydrogens is 238 g/mol. The normalized spacial score (nSPS) is 11.0. The van der Waals surface area contributed by atoms with Crippen LogP contribution < -0.4 is 0 Å². The first-order valence-corrected chi connectivity index (χ1v) is 6.08. The van der Waals surface area contributed by atoms with Crippen molar-refractivity contribution in [2.24, 2.45) is 0 Å². The van der Waals surface area contributed by atoms with E-state index in [-0.39, 0.29) is 0 Å². The molecule has 2 nitrogen and oxygen atoms in total. The van der Waals surface area contributed by atoms with Crippen LogP contribution in [0.1, 0.15) is 5.56 Å². The predicted molar refractivity (Wildman–Crippen MR) is 57.1 cm³/mol. The smallest absolute Gasteiger partial charge is 0.125 e. The van der Waals surface area contributed by atoms with Crippen LogP contribution in [-0.2, 0) is 16.5 Å². The van der Waals surface area contributed by atoms with Gasteiger partial charge < -0.3 is 4.55 Å². The van der Waals surface area contributed by atoms with Gasteiger partial charge in [-0.05, 0) is 17.7 Å². The van der Waals surface area contributed by atoms with Gasteiger partial charge in [-0.15, -0.1) is 0 Å². The number of hydrogen-bond donors (Lipinski definition) is 1. The molecule has 0 amide bonds. The van der Waals surface area contributed by atoms with E-state index in [0.717, 1.165) is 21.3 Å². The molecule has 0 bridgehead atoms. The Morgan fingerprint density at radius 2 is 2.00 bits per heavy atom. The molecule has 0 unspecified atom stereocenters. The minimum absolute atomic E-state index is 0.750. The highest BCUT2D eigenvalue weighted by atomic mass is 79.9. The van der Waals surface area contributed by atoms with Crippen molar-refractivity contribution in [3.8, 4) is 0 Å². The Balaban J connectivity index is 2.84.